The number of aliphatic carboxylic acids is 1. The van der Waals surface area contributed by atoms with Gasteiger partial charge in [0, 0.05) is 12.8 Å². The van der Waals surface area contributed by atoms with Gasteiger partial charge in [0.05, 0.1) is 34.4 Å². The fourth-order valence-corrected chi connectivity index (χ4v) is 7.39. The van der Waals surface area contributed by atoms with Crippen molar-refractivity contribution in [1.82, 2.24) is 0 Å². The van der Waals surface area contributed by atoms with Gasteiger partial charge >= 0.3 is 17.9 Å². The molecule has 2 unspecified atom stereocenters. The first kappa shape index (κ1) is 70.4. The second kappa shape index (κ2) is 55.7. The Hall–Kier alpha value is -4.57. The number of esters is 2. The third kappa shape index (κ3) is 57.0. The molecule has 0 saturated heterocycles. The zero-order valence-corrected chi connectivity index (χ0v) is 48.2. The van der Waals surface area contributed by atoms with E-state index in [1.54, 1.807) is 0 Å². The van der Waals surface area contributed by atoms with Crippen LogP contribution in [0.15, 0.2) is 134 Å². The van der Waals surface area contributed by atoms with E-state index >= 15 is 0 Å². The van der Waals surface area contributed by atoms with Crippen LogP contribution in [-0.2, 0) is 33.3 Å². The molecule has 1 N–H and O–H groups in total. The number of ether oxygens (including phenoxy) is 4. The summed E-state index contributed by atoms with van der Waals surface area (Å²) in [5, 5.41) is 9.68. The van der Waals surface area contributed by atoms with E-state index in [1.807, 2.05) is 21.1 Å². The van der Waals surface area contributed by atoms with Gasteiger partial charge in [0.25, 0.3) is 6.29 Å². The molecule has 2 atom stereocenters. The van der Waals surface area contributed by atoms with Crippen LogP contribution in [-0.4, -0.2) is 87.4 Å². The Kier molecular flexibility index (Phi) is 52.3. The van der Waals surface area contributed by atoms with Gasteiger partial charge in [0.1, 0.15) is 13.2 Å². The summed E-state index contributed by atoms with van der Waals surface area (Å²) >= 11 is 0. The third-order valence-electron chi connectivity index (χ3n) is 11.9. The van der Waals surface area contributed by atoms with E-state index in [4.69, 9.17) is 18.9 Å². The average Bonchev–Trinajstić information content (AvgIpc) is 3.38. The molecule has 0 heterocycles. The quantitative estimate of drug-likeness (QED) is 0.0211. The van der Waals surface area contributed by atoms with Crippen molar-refractivity contribution in [3.05, 3.63) is 134 Å². The van der Waals surface area contributed by atoms with Crippen LogP contribution in [0.25, 0.3) is 0 Å². The van der Waals surface area contributed by atoms with Gasteiger partial charge in [0.15, 0.2) is 6.10 Å². The zero-order chi connectivity index (χ0) is 54.8. The van der Waals surface area contributed by atoms with Gasteiger partial charge in [-0.3, -0.25) is 9.59 Å². The Morgan fingerprint density at radius 3 is 1.15 bits per heavy atom. The summed E-state index contributed by atoms with van der Waals surface area (Å²) in [4.78, 5) is 37.3. The number of carboxylic acids is 1. The van der Waals surface area contributed by atoms with Crippen LogP contribution in [0.1, 0.15) is 206 Å². The molecule has 0 rings (SSSR count). The van der Waals surface area contributed by atoms with Gasteiger partial charge in [-0.25, -0.2) is 4.79 Å². The predicted octanol–water partition coefficient (Wildman–Crippen LogP) is 17.5. The Morgan fingerprint density at radius 2 is 0.760 bits per heavy atom. The largest absolute Gasteiger partial charge is 0.477 e. The number of carbonyl (C=O) groups excluding carboxylic acids is 2. The molecule has 75 heavy (non-hydrogen) atoms. The van der Waals surface area contributed by atoms with Gasteiger partial charge in [-0.2, -0.15) is 0 Å². The van der Waals surface area contributed by atoms with Crippen LogP contribution >= 0.6 is 0 Å². The van der Waals surface area contributed by atoms with Crippen molar-refractivity contribution in [2.75, 3.05) is 47.5 Å². The highest BCUT2D eigenvalue weighted by Gasteiger charge is 2.25. The molecule has 0 aliphatic rings. The highest BCUT2D eigenvalue weighted by molar-refractivity contribution is 5.71. The van der Waals surface area contributed by atoms with Gasteiger partial charge in [-0.15, -0.1) is 0 Å². The summed E-state index contributed by atoms with van der Waals surface area (Å²) in [5.74, 6) is -2.05. The van der Waals surface area contributed by atoms with Crippen LogP contribution in [0.2, 0.25) is 0 Å². The molecule has 0 aliphatic carbocycles. The first-order valence-corrected chi connectivity index (χ1v) is 29.3. The van der Waals surface area contributed by atoms with Crippen molar-refractivity contribution >= 4 is 17.9 Å². The summed E-state index contributed by atoms with van der Waals surface area (Å²) < 4.78 is 22.8. The number of likely N-dealkylation sites (N-methyl/N-ethyl adjacent to an activating group) is 1. The Labute approximate surface area is 459 Å². The van der Waals surface area contributed by atoms with Gasteiger partial charge < -0.3 is 28.5 Å². The topological polar surface area (TPSA) is 108 Å². The fraction of sp³-hybridized carbons (Fsp3) is 0.621. The smallest absolute Gasteiger partial charge is 0.361 e. The number of carbonyl (C=O) groups is 3. The fourth-order valence-electron chi connectivity index (χ4n) is 7.39. The minimum absolute atomic E-state index is 0.176. The lowest BCUT2D eigenvalue weighted by molar-refractivity contribution is -0.870. The first-order valence-electron chi connectivity index (χ1n) is 29.3. The summed E-state index contributed by atoms with van der Waals surface area (Å²) in [6.45, 7) is 4.69. The van der Waals surface area contributed by atoms with E-state index < -0.39 is 24.3 Å². The molecule has 0 spiro atoms. The van der Waals surface area contributed by atoms with Crippen molar-refractivity contribution in [1.29, 1.82) is 0 Å². The molecule has 0 radical (unpaired) electrons. The number of hydrogen-bond acceptors (Lipinski definition) is 7. The maximum Gasteiger partial charge on any atom is 0.361 e. The number of allylic oxidation sites excluding steroid dienone is 22. The van der Waals surface area contributed by atoms with Crippen molar-refractivity contribution in [2.45, 2.75) is 219 Å². The second-order valence-corrected chi connectivity index (χ2v) is 20.2. The van der Waals surface area contributed by atoms with E-state index in [9.17, 15) is 19.5 Å². The maximum atomic E-state index is 12.9. The van der Waals surface area contributed by atoms with Crippen molar-refractivity contribution < 1.29 is 42.9 Å². The maximum absolute atomic E-state index is 12.9. The first-order chi connectivity index (χ1) is 36.6. The molecule has 0 aromatic carbocycles. The standard InChI is InChI=1S/C66H107NO8/c1-6-8-10-12-14-16-18-20-21-22-23-24-25-26-27-28-29-30-31-32-33-34-35-36-37-38-39-40-41-42-43-45-47-49-51-53-55-57-64(69)75-62(61-74-66(65(70)71)72-59-58-67(3,4)5)60-73-63(68)56-54-52-50-48-46-44-19-17-15-13-11-9-7-2/h8,10,14,16-17,19-21,23-24,26-27,29-30,32-33,35-36,38-39,41-42,62,66H,6-7,9,11-13,15,18,22,25,28,31,34,37,40,43-61H2,1-5H3/p+1/b10-8-,16-14-,19-17-,21-20-,24-23-,27-26-,30-29-,33-32-,36-35-,39-38-,42-41-. The molecule has 0 saturated carbocycles. The summed E-state index contributed by atoms with van der Waals surface area (Å²) in [5.41, 5.74) is 0. The number of unbranched alkanes of at least 4 members (excludes halogenated alkanes) is 15. The summed E-state index contributed by atoms with van der Waals surface area (Å²) in [7, 11) is 5.94. The lowest BCUT2D eigenvalue weighted by atomic mass is 10.1. The van der Waals surface area contributed by atoms with Crippen molar-refractivity contribution in [3.63, 3.8) is 0 Å². The van der Waals surface area contributed by atoms with E-state index in [2.05, 4.69) is 148 Å². The highest BCUT2D eigenvalue weighted by Crippen LogP contribution is 2.13. The number of carboxylic acid groups (broad SMARTS) is 1. The molecular weight excluding hydrogens is 935 g/mol. The number of nitrogens with zero attached hydrogens (tertiary/aromatic N) is 1. The predicted molar refractivity (Wildman–Crippen MR) is 317 cm³/mol. The Balaban J connectivity index is 4.24. The molecule has 424 valence electrons. The van der Waals surface area contributed by atoms with Gasteiger partial charge in [-0.1, -0.05) is 212 Å². The molecular formula is C66H108NO8+. The molecule has 0 aromatic heterocycles. The molecule has 9 heteroatoms. The minimum atomic E-state index is -1.52. The monoisotopic (exact) mass is 1040 g/mol. The van der Waals surface area contributed by atoms with Crippen LogP contribution in [0.4, 0.5) is 0 Å². The zero-order valence-electron chi connectivity index (χ0n) is 48.2. The number of quaternary nitrogens is 1. The molecule has 0 bridgehead atoms. The molecule has 9 nitrogen and oxygen atoms in total. The molecule has 0 aromatic rings. The average molecular weight is 1040 g/mol. The molecule has 0 aliphatic heterocycles. The van der Waals surface area contributed by atoms with Crippen molar-refractivity contribution in [3.8, 4) is 0 Å². The lowest BCUT2D eigenvalue weighted by Crippen LogP contribution is -2.40. The Bertz CT molecular complexity index is 1690. The van der Waals surface area contributed by atoms with E-state index in [1.165, 1.54) is 32.1 Å². The molecule has 0 amide bonds. The number of rotatable bonds is 52. The van der Waals surface area contributed by atoms with Crippen LogP contribution in [0, 0.1) is 0 Å². The lowest BCUT2D eigenvalue weighted by Gasteiger charge is -2.25. The van der Waals surface area contributed by atoms with Crippen LogP contribution < -0.4 is 0 Å². The van der Waals surface area contributed by atoms with Crippen LogP contribution in [0.5, 0.6) is 0 Å². The highest BCUT2D eigenvalue weighted by atomic mass is 16.7. The van der Waals surface area contributed by atoms with E-state index in [0.717, 1.165) is 141 Å². The minimum Gasteiger partial charge on any atom is -0.477 e. The van der Waals surface area contributed by atoms with Crippen molar-refractivity contribution in [2.24, 2.45) is 0 Å². The molecule has 0 fully saturated rings. The van der Waals surface area contributed by atoms with Crippen LogP contribution in [0.3, 0.4) is 0 Å². The normalized spacial score (nSPS) is 13.8. The SMILES string of the molecule is CC/C=C\C/C=C\C/C=C\C/C=C\C/C=C\C/C=C\C/C=C\C/C=C\C/C=C\C/C=C\CCCCCCCCC(=O)OC(COC(=O)CCCCCCC/C=C\CCCCCC)COC(OCC[N+](C)(C)C)C(=O)O. The third-order valence-corrected chi connectivity index (χ3v) is 11.9. The van der Waals surface area contributed by atoms with E-state index in [-0.39, 0.29) is 38.6 Å². The summed E-state index contributed by atoms with van der Waals surface area (Å²) in [6, 6.07) is 0. The summed E-state index contributed by atoms with van der Waals surface area (Å²) in [6.07, 6.45) is 76.8. The van der Waals surface area contributed by atoms with Gasteiger partial charge in [-0.05, 0) is 116 Å². The van der Waals surface area contributed by atoms with Gasteiger partial charge in [0.2, 0.25) is 0 Å². The second-order valence-electron chi connectivity index (χ2n) is 20.2. The van der Waals surface area contributed by atoms with E-state index in [0.29, 0.717) is 17.4 Å². The Morgan fingerprint density at radius 1 is 0.413 bits per heavy atom. The number of hydrogen-bond donors (Lipinski definition) is 1.